The number of rotatable bonds is 5. The number of aromatic nitrogens is 3. The van der Waals surface area contributed by atoms with Gasteiger partial charge in [-0.3, -0.25) is 4.79 Å². The van der Waals surface area contributed by atoms with Crippen molar-refractivity contribution in [1.29, 1.82) is 0 Å². The Balaban J connectivity index is 1.27. The summed E-state index contributed by atoms with van der Waals surface area (Å²) in [4.78, 5) is 27.1. The minimum atomic E-state index is -0.511. The molecular weight excluding hydrogens is 352 g/mol. The highest BCUT2D eigenvalue weighted by molar-refractivity contribution is 5.90. The molecule has 1 aliphatic carbocycles. The molecule has 0 radical (unpaired) electrons. The molecule has 2 aromatic heterocycles. The molecule has 7 nitrogen and oxygen atoms in total. The van der Waals surface area contributed by atoms with Crippen LogP contribution in [0.3, 0.4) is 0 Å². The van der Waals surface area contributed by atoms with E-state index in [4.69, 9.17) is 10.7 Å². The number of hydrogen-bond donors (Lipinski definition) is 2. The zero-order chi connectivity index (χ0) is 19.1. The number of nitrogens with zero attached hydrogens (tertiary/aromatic N) is 4. The Morgan fingerprint density at radius 3 is 2.54 bits per heavy atom. The van der Waals surface area contributed by atoms with E-state index in [9.17, 15) is 4.79 Å². The number of nitrogens with one attached hydrogen (secondary N) is 1. The van der Waals surface area contributed by atoms with Crippen molar-refractivity contribution < 1.29 is 4.79 Å². The molecule has 0 bridgehead atoms. The first-order valence-electron chi connectivity index (χ1n) is 9.36. The van der Waals surface area contributed by atoms with Gasteiger partial charge in [-0.1, -0.05) is 24.3 Å². The second kappa shape index (κ2) is 6.60. The van der Waals surface area contributed by atoms with E-state index in [1.54, 1.807) is 12.3 Å². The second-order valence-electron chi connectivity index (χ2n) is 7.29. The van der Waals surface area contributed by atoms with E-state index >= 15 is 0 Å². The average Bonchev–Trinajstić information content (AvgIpc) is 3.22. The Hall–Kier alpha value is -3.48. The van der Waals surface area contributed by atoms with Crippen LogP contribution in [0.4, 0.5) is 17.3 Å². The van der Waals surface area contributed by atoms with E-state index in [0.29, 0.717) is 17.8 Å². The molecule has 1 aliphatic heterocycles. The maximum atomic E-state index is 11.4. The molecule has 3 heterocycles. The SMILES string of the molecule is NC(=O)c1ccnc(C2[C@H]3CN(c4cccc(Nc5ccccc5)n4)C[C@@H]23)n1. The van der Waals surface area contributed by atoms with Crippen LogP contribution in [-0.2, 0) is 0 Å². The first kappa shape index (κ1) is 16.7. The minimum absolute atomic E-state index is 0.285. The van der Waals surface area contributed by atoms with E-state index in [1.807, 2.05) is 48.5 Å². The molecule has 1 aromatic carbocycles. The molecule has 2 fully saturated rings. The highest BCUT2D eigenvalue weighted by atomic mass is 16.1. The van der Waals surface area contributed by atoms with Gasteiger partial charge in [0, 0.05) is 30.9 Å². The number of pyridine rings is 1. The van der Waals surface area contributed by atoms with Crippen LogP contribution in [0.5, 0.6) is 0 Å². The van der Waals surface area contributed by atoms with E-state index < -0.39 is 5.91 Å². The maximum absolute atomic E-state index is 11.4. The largest absolute Gasteiger partial charge is 0.364 e. The van der Waals surface area contributed by atoms with Gasteiger partial charge >= 0.3 is 0 Å². The van der Waals surface area contributed by atoms with Gasteiger partial charge in [0.15, 0.2) is 0 Å². The van der Waals surface area contributed by atoms with Crippen LogP contribution < -0.4 is 16.0 Å². The zero-order valence-corrected chi connectivity index (χ0v) is 15.2. The third-order valence-electron chi connectivity index (χ3n) is 5.52. The maximum Gasteiger partial charge on any atom is 0.267 e. The summed E-state index contributed by atoms with van der Waals surface area (Å²) < 4.78 is 0. The molecule has 140 valence electrons. The molecule has 3 N–H and O–H groups in total. The Kier molecular flexibility index (Phi) is 3.93. The lowest BCUT2D eigenvalue weighted by Crippen LogP contribution is -2.25. The highest BCUT2D eigenvalue weighted by Crippen LogP contribution is 2.57. The quantitative estimate of drug-likeness (QED) is 0.714. The molecule has 5 rings (SSSR count). The molecule has 3 atom stereocenters. The van der Waals surface area contributed by atoms with Gasteiger partial charge in [0.05, 0.1) is 0 Å². The lowest BCUT2D eigenvalue weighted by molar-refractivity contribution is 0.0995. The van der Waals surface area contributed by atoms with E-state index in [2.05, 4.69) is 20.2 Å². The van der Waals surface area contributed by atoms with Gasteiger partial charge in [-0.05, 0) is 42.2 Å². The molecule has 28 heavy (non-hydrogen) atoms. The van der Waals surface area contributed by atoms with Gasteiger partial charge in [0.1, 0.15) is 23.2 Å². The standard InChI is InChI=1S/C21H20N6O/c22-20(28)16-9-10-23-21(25-16)19-14-11-27(12-15(14)19)18-8-4-7-17(26-18)24-13-5-2-1-3-6-13/h1-10,14-15,19H,11-12H2,(H2,22,28)(H,24,26)/t14-,15+,19?. The fourth-order valence-electron chi connectivity index (χ4n) is 4.11. The van der Waals surface area contributed by atoms with Crippen molar-refractivity contribution in [3.8, 4) is 0 Å². The Morgan fingerprint density at radius 1 is 1.00 bits per heavy atom. The summed E-state index contributed by atoms with van der Waals surface area (Å²) in [5.74, 6) is 3.32. The van der Waals surface area contributed by atoms with Crippen molar-refractivity contribution in [2.24, 2.45) is 17.6 Å². The average molecular weight is 372 g/mol. The number of primary amides is 1. The summed E-state index contributed by atoms with van der Waals surface area (Å²) >= 11 is 0. The molecular formula is C21H20N6O. The van der Waals surface area contributed by atoms with Crippen LogP contribution >= 0.6 is 0 Å². The van der Waals surface area contributed by atoms with Crippen LogP contribution in [0.15, 0.2) is 60.8 Å². The van der Waals surface area contributed by atoms with Gasteiger partial charge in [-0.2, -0.15) is 0 Å². The number of anilines is 3. The van der Waals surface area contributed by atoms with Gasteiger partial charge in [0.2, 0.25) is 0 Å². The van der Waals surface area contributed by atoms with Crippen LogP contribution in [0.2, 0.25) is 0 Å². The topological polar surface area (TPSA) is 97.0 Å². The number of para-hydroxylation sites is 1. The summed E-state index contributed by atoms with van der Waals surface area (Å²) in [6.07, 6.45) is 1.62. The molecule has 1 saturated heterocycles. The number of piperidine rings is 1. The lowest BCUT2D eigenvalue weighted by Gasteiger charge is -2.21. The molecule has 1 saturated carbocycles. The third kappa shape index (κ3) is 3.05. The predicted molar refractivity (Wildman–Crippen MR) is 106 cm³/mol. The fourth-order valence-corrected chi connectivity index (χ4v) is 4.11. The summed E-state index contributed by atoms with van der Waals surface area (Å²) in [6.45, 7) is 1.84. The number of hydrogen-bond acceptors (Lipinski definition) is 6. The Labute approximate surface area is 162 Å². The van der Waals surface area contributed by atoms with Gasteiger partial charge in [0.25, 0.3) is 5.91 Å². The Bertz CT molecular complexity index is 1010. The zero-order valence-electron chi connectivity index (χ0n) is 15.2. The van der Waals surface area contributed by atoms with Gasteiger partial charge in [-0.25, -0.2) is 15.0 Å². The minimum Gasteiger partial charge on any atom is -0.364 e. The first-order chi connectivity index (χ1) is 13.7. The molecule has 2 aliphatic rings. The monoisotopic (exact) mass is 372 g/mol. The molecule has 7 heteroatoms. The smallest absolute Gasteiger partial charge is 0.267 e. The van der Waals surface area contributed by atoms with Gasteiger partial charge in [-0.15, -0.1) is 0 Å². The molecule has 3 aromatic rings. The summed E-state index contributed by atoms with van der Waals surface area (Å²) in [5.41, 5.74) is 6.64. The molecule has 1 unspecified atom stereocenters. The number of carbonyl (C=O) groups excluding carboxylic acids is 1. The lowest BCUT2D eigenvalue weighted by atomic mass is 10.2. The summed E-state index contributed by atoms with van der Waals surface area (Å²) in [7, 11) is 0. The van der Waals surface area contributed by atoms with Crippen molar-refractivity contribution in [3.63, 3.8) is 0 Å². The Morgan fingerprint density at radius 2 is 1.79 bits per heavy atom. The number of carbonyl (C=O) groups is 1. The van der Waals surface area contributed by atoms with E-state index in [-0.39, 0.29) is 5.69 Å². The first-order valence-corrected chi connectivity index (χ1v) is 9.36. The molecule has 1 amide bonds. The van der Waals surface area contributed by atoms with E-state index in [0.717, 1.165) is 36.2 Å². The van der Waals surface area contributed by atoms with Crippen molar-refractivity contribution in [2.75, 3.05) is 23.3 Å². The van der Waals surface area contributed by atoms with Crippen LogP contribution in [0.25, 0.3) is 0 Å². The van der Waals surface area contributed by atoms with Gasteiger partial charge < -0.3 is 16.0 Å². The predicted octanol–water partition coefficient (Wildman–Crippen LogP) is 2.56. The van der Waals surface area contributed by atoms with E-state index in [1.165, 1.54) is 0 Å². The van der Waals surface area contributed by atoms with Crippen LogP contribution in [0, 0.1) is 11.8 Å². The number of benzene rings is 1. The molecule has 0 spiro atoms. The number of fused-ring (bicyclic) bond motifs is 1. The second-order valence-corrected chi connectivity index (χ2v) is 7.29. The van der Waals surface area contributed by atoms with Crippen molar-refractivity contribution >= 4 is 23.2 Å². The van der Waals surface area contributed by atoms with Crippen molar-refractivity contribution in [1.82, 2.24) is 15.0 Å². The van der Waals surface area contributed by atoms with Crippen LogP contribution in [0.1, 0.15) is 22.2 Å². The normalized spacial score (nSPS) is 22.6. The number of nitrogens with two attached hydrogens (primary N) is 1. The summed E-state index contributed by atoms with van der Waals surface area (Å²) in [6, 6.07) is 17.6. The third-order valence-corrected chi connectivity index (χ3v) is 5.52. The number of amides is 1. The fraction of sp³-hybridized carbons (Fsp3) is 0.238. The summed E-state index contributed by atoms with van der Waals surface area (Å²) in [5, 5.41) is 3.34. The van der Waals surface area contributed by atoms with Crippen molar-refractivity contribution in [3.05, 3.63) is 72.3 Å². The van der Waals surface area contributed by atoms with Crippen LogP contribution in [-0.4, -0.2) is 33.9 Å². The highest BCUT2D eigenvalue weighted by Gasteiger charge is 2.58. The van der Waals surface area contributed by atoms with Crippen molar-refractivity contribution in [2.45, 2.75) is 5.92 Å².